The van der Waals surface area contributed by atoms with Crippen LogP contribution in [0.3, 0.4) is 0 Å². The zero-order valence-corrected chi connectivity index (χ0v) is 11.1. The number of nitrogens with two attached hydrogens (primary N) is 1. The molecule has 0 aromatic carbocycles. The molecule has 104 valence electrons. The molecule has 1 atom stereocenters. The van der Waals surface area contributed by atoms with Crippen LogP contribution in [0.5, 0.6) is 0 Å². The van der Waals surface area contributed by atoms with Crippen molar-refractivity contribution in [2.75, 3.05) is 31.7 Å². The first-order chi connectivity index (χ1) is 9.20. The summed E-state index contributed by atoms with van der Waals surface area (Å²) in [4.78, 5) is 6.22. The zero-order valence-electron chi connectivity index (χ0n) is 11.1. The van der Waals surface area contributed by atoms with Gasteiger partial charge in [-0.15, -0.1) is 0 Å². The van der Waals surface area contributed by atoms with Crippen LogP contribution in [-0.4, -0.2) is 42.8 Å². The number of hydrogen-bond donors (Lipinski definition) is 2. The van der Waals surface area contributed by atoms with Gasteiger partial charge in [-0.05, 0) is 30.9 Å². The molecule has 1 aromatic rings. The van der Waals surface area contributed by atoms with Crippen LogP contribution >= 0.6 is 0 Å². The molecular formula is C13H20N4O2. The number of nitrogens with zero attached hydrogens (tertiary/aromatic N) is 3. The van der Waals surface area contributed by atoms with Gasteiger partial charge in [-0.3, -0.25) is 4.98 Å². The molecule has 2 rings (SSSR count). The fourth-order valence-electron chi connectivity index (χ4n) is 2.29. The topological polar surface area (TPSA) is 84.0 Å². The van der Waals surface area contributed by atoms with Gasteiger partial charge in [-0.2, -0.15) is 0 Å². The number of amidine groups is 1. The van der Waals surface area contributed by atoms with Gasteiger partial charge >= 0.3 is 0 Å². The first kappa shape index (κ1) is 13.6. The van der Waals surface area contributed by atoms with Crippen molar-refractivity contribution >= 4 is 11.5 Å². The van der Waals surface area contributed by atoms with E-state index in [1.807, 2.05) is 19.2 Å². The third kappa shape index (κ3) is 3.57. The number of aromatic nitrogens is 1. The van der Waals surface area contributed by atoms with Crippen molar-refractivity contribution < 1.29 is 9.94 Å². The smallest absolute Gasteiger partial charge is 0.188 e. The Morgan fingerprint density at radius 1 is 1.68 bits per heavy atom. The Balaban J connectivity index is 2.03. The Bertz CT molecular complexity index is 444. The van der Waals surface area contributed by atoms with E-state index >= 15 is 0 Å². The highest BCUT2D eigenvalue weighted by atomic mass is 16.5. The summed E-state index contributed by atoms with van der Waals surface area (Å²) in [6.07, 6.45) is 3.99. The Kier molecular flexibility index (Phi) is 4.57. The van der Waals surface area contributed by atoms with Crippen LogP contribution in [0.25, 0.3) is 0 Å². The van der Waals surface area contributed by atoms with Gasteiger partial charge in [0.15, 0.2) is 5.84 Å². The van der Waals surface area contributed by atoms with E-state index in [9.17, 15) is 0 Å². The molecule has 1 aliphatic rings. The largest absolute Gasteiger partial charge is 0.409 e. The van der Waals surface area contributed by atoms with Gasteiger partial charge in [0, 0.05) is 32.1 Å². The number of ether oxygens (including phenoxy) is 1. The predicted molar refractivity (Wildman–Crippen MR) is 73.6 cm³/mol. The quantitative estimate of drug-likeness (QED) is 0.367. The normalized spacial score (nSPS) is 20.3. The van der Waals surface area contributed by atoms with Crippen molar-refractivity contribution in [2.24, 2.45) is 16.8 Å². The van der Waals surface area contributed by atoms with E-state index in [0.29, 0.717) is 11.6 Å². The van der Waals surface area contributed by atoms with Crippen molar-refractivity contribution in [1.29, 1.82) is 0 Å². The summed E-state index contributed by atoms with van der Waals surface area (Å²) in [6.45, 7) is 2.63. The Morgan fingerprint density at radius 2 is 2.53 bits per heavy atom. The molecule has 3 N–H and O–H groups in total. The minimum atomic E-state index is 0.0243. The molecule has 1 aromatic heterocycles. The molecule has 1 fully saturated rings. The number of rotatable bonds is 4. The van der Waals surface area contributed by atoms with Crippen molar-refractivity contribution in [3.05, 3.63) is 24.0 Å². The first-order valence-corrected chi connectivity index (χ1v) is 6.43. The third-order valence-electron chi connectivity index (χ3n) is 3.34. The molecule has 0 saturated carbocycles. The highest BCUT2D eigenvalue weighted by Gasteiger charge is 2.16. The van der Waals surface area contributed by atoms with Crippen LogP contribution in [0.15, 0.2) is 23.5 Å². The molecule has 0 radical (unpaired) electrons. The van der Waals surface area contributed by atoms with E-state index in [2.05, 4.69) is 15.0 Å². The lowest BCUT2D eigenvalue weighted by Crippen LogP contribution is -2.31. The van der Waals surface area contributed by atoms with Crippen molar-refractivity contribution in [3.63, 3.8) is 0 Å². The van der Waals surface area contributed by atoms with E-state index in [0.717, 1.165) is 31.9 Å². The fourth-order valence-corrected chi connectivity index (χ4v) is 2.29. The molecule has 6 heteroatoms. The number of hydrogen-bond acceptors (Lipinski definition) is 5. The van der Waals surface area contributed by atoms with Gasteiger partial charge in [0.25, 0.3) is 0 Å². The molecule has 2 heterocycles. The minimum absolute atomic E-state index is 0.0243. The summed E-state index contributed by atoms with van der Waals surface area (Å²) in [5.41, 5.74) is 7.03. The average Bonchev–Trinajstić information content (AvgIpc) is 2.47. The fraction of sp³-hybridized carbons (Fsp3) is 0.538. The van der Waals surface area contributed by atoms with Crippen molar-refractivity contribution in [1.82, 2.24) is 4.98 Å². The van der Waals surface area contributed by atoms with Crippen LogP contribution in [0.2, 0.25) is 0 Å². The van der Waals surface area contributed by atoms with E-state index in [1.54, 1.807) is 6.20 Å². The Hall–Kier alpha value is -1.82. The van der Waals surface area contributed by atoms with E-state index < -0.39 is 0 Å². The Labute approximate surface area is 112 Å². The summed E-state index contributed by atoms with van der Waals surface area (Å²) in [6, 6.07) is 3.73. The van der Waals surface area contributed by atoms with Gasteiger partial charge in [0.1, 0.15) is 5.69 Å². The molecule has 1 aliphatic heterocycles. The van der Waals surface area contributed by atoms with Crippen molar-refractivity contribution in [2.45, 2.75) is 12.8 Å². The maximum atomic E-state index is 8.67. The molecule has 6 nitrogen and oxygen atoms in total. The molecule has 1 unspecified atom stereocenters. The number of anilines is 1. The highest BCUT2D eigenvalue weighted by Crippen LogP contribution is 2.19. The average molecular weight is 264 g/mol. The minimum Gasteiger partial charge on any atom is -0.409 e. The summed E-state index contributed by atoms with van der Waals surface area (Å²) >= 11 is 0. The molecule has 0 amide bonds. The van der Waals surface area contributed by atoms with Crippen LogP contribution in [0.4, 0.5) is 5.69 Å². The molecule has 1 saturated heterocycles. The summed E-state index contributed by atoms with van der Waals surface area (Å²) in [5.74, 6) is 0.579. The van der Waals surface area contributed by atoms with Gasteiger partial charge < -0.3 is 20.6 Å². The number of pyridine rings is 1. The van der Waals surface area contributed by atoms with Crippen molar-refractivity contribution in [3.8, 4) is 0 Å². The third-order valence-corrected chi connectivity index (χ3v) is 3.34. The molecular weight excluding hydrogens is 244 g/mol. The maximum absolute atomic E-state index is 8.67. The van der Waals surface area contributed by atoms with Gasteiger partial charge in [-0.1, -0.05) is 5.16 Å². The van der Waals surface area contributed by atoms with Crippen LogP contribution in [0, 0.1) is 5.92 Å². The summed E-state index contributed by atoms with van der Waals surface area (Å²) < 4.78 is 5.49. The monoisotopic (exact) mass is 264 g/mol. The molecule has 19 heavy (non-hydrogen) atoms. The molecule has 0 bridgehead atoms. The SMILES string of the molecule is CN(CC1CCCOC1)c1ccnc(C(N)=NO)c1. The van der Waals surface area contributed by atoms with Gasteiger partial charge in [-0.25, -0.2) is 0 Å². The summed E-state index contributed by atoms with van der Waals surface area (Å²) in [7, 11) is 2.03. The second kappa shape index (κ2) is 6.38. The standard InChI is InChI=1S/C13H20N4O2/c1-17(8-10-3-2-6-19-9-10)11-4-5-15-12(7-11)13(14)16-18/h4-5,7,10,18H,2-3,6,8-9H2,1H3,(H2,14,16). The van der Waals surface area contributed by atoms with Crippen LogP contribution < -0.4 is 10.6 Å². The Morgan fingerprint density at radius 3 is 3.21 bits per heavy atom. The second-order valence-electron chi connectivity index (χ2n) is 4.85. The lowest BCUT2D eigenvalue weighted by molar-refractivity contribution is 0.0576. The number of oxime groups is 1. The van der Waals surface area contributed by atoms with E-state index in [4.69, 9.17) is 15.7 Å². The summed E-state index contributed by atoms with van der Waals surface area (Å²) in [5, 5.41) is 11.6. The highest BCUT2D eigenvalue weighted by molar-refractivity contribution is 5.95. The lowest BCUT2D eigenvalue weighted by Gasteiger charge is -2.28. The maximum Gasteiger partial charge on any atom is 0.188 e. The molecule has 0 spiro atoms. The molecule has 0 aliphatic carbocycles. The van der Waals surface area contributed by atoms with Gasteiger partial charge in [0.05, 0.1) is 6.61 Å². The lowest BCUT2D eigenvalue weighted by atomic mass is 10.0. The van der Waals surface area contributed by atoms with E-state index in [-0.39, 0.29) is 5.84 Å². The predicted octanol–water partition coefficient (Wildman–Crippen LogP) is 1.04. The van der Waals surface area contributed by atoms with Crippen LogP contribution in [-0.2, 0) is 4.74 Å². The zero-order chi connectivity index (χ0) is 13.7. The van der Waals surface area contributed by atoms with E-state index in [1.165, 1.54) is 6.42 Å². The van der Waals surface area contributed by atoms with Gasteiger partial charge in [0.2, 0.25) is 0 Å². The first-order valence-electron chi connectivity index (χ1n) is 6.43. The second-order valence-corrected chi connectivity index (χ2v) is 4.85. The van der Waals surface area contributed by atoms with Crippen LogP contribution in [0.1, 0.15) is 18.5 Å².